The lowest BCUT2D eigenvalue weighted by Gasteiger charge is -2.34. The molecule has 2 aliphatic rings. The minimum absolute atomic E-state index is 0.0243. The fraction of sp³-hybridized carbons (Fsp3) is 0.600. The van der Waals surface area contributed by atoms with Gasteiger partial charge in [-0.25, -0.2) is 4.79 Å². The molecule has 136 valence electrons. The Bertz CT molecular complexity index is 606. The van der Waals surface area contributed by atoms with Gasteiger partial charge in [0.15, 0.2) is 0 Å². The second-order valence-corrected chi connectivity index (χ2v) is 7.53. The third kappa shape index (κ3) is 4.33. The molecule has 0 aromatic heterocycles. The molecule has 1 N–H and O–H groups in total. The number of benzene rings is 1. The largest absolute Gasteiger partial charge is 0.326 e. The molecule has 0 bridgehead atoms. The lowest BCUT2D eigenvalue weighted by Crippen LogP contribution is -2.48. The molecule has 0 radical (unpaired) electrons. The molecular formula is C20H29N3O2. The van der Waals surface area contributed by atoms with Crippen LogP contribution in [0.15, 0.2) is 24.3 Å². The summed E-state index contributed by atoms with van der Waals surface area (Å²) in [6.07, 6.45) is 3.93. The van der Waals surface area contributed by atoms with Gasteiger partial charge in [-0.3, -0.25) is 4.79 Å². The van der Waals surface area contributed by atoms with Gasteiger partial charge in [0, 0.05) is 31.9 Å². The monoisotopic (exact) mass is 343 g/mol. The quantitative estimate of drug-likeness (QED) is 0.910. The van der Waals surface area contributed by atoms with E-state index in [2.05, 4.69) is 31.3 Å². The van der Waals surface area contributed by atoms with Gasteiger partial charge >= 0.3 is 6.03 Å². The highest BCUT2D eigenvalue weighted by molar-refractivity contribution is 5.93. The second-order valence-electron chi connectivity index (χ2n) is 7.53. The Morgan fingerprint density at radius 1 is 1.00 bits per heavy atom. The zero-order valence-electron chi connectivity index (χ0n) is 15.3. The highest BCUT2D eigenvalue weighted by Crippen LogP contribution is 2.22. The lowest BCUT2D eigenvalue weighted by molar-refractivity contribution is -0.121. The molecule has 1 aromatic carbocycles. The minimum Gasteiger partial charge on any atom is -0.326 e. The van der Waals surface area contributed by atoms with E-state index in [9.17, 15) is 9.59 Å². The van der Waals surface area contributed by atoms with Crippen LogP contribution in [0.2, 0.25) is 0 Å². The normalized spacial score (nSPS) is 20.8. The first-order valence-electron chi connectivity index (χ1n) is 9.49. The van der Waals surface area contributed by atoms with E-state index in [0.29, 0.717) is 12.5 Å². The van der Waals surface area contributed by atoms with Crippen molar-refractivity contribution in [2.45, 2.75) is 45.4 Å². The lowest BCUT2D eigenvalue weighted by atomic mass is 9.97. The van der Waals surface area contributed by atoms with Crippen LogP contribution in [0.4, 0.5) is 10.5 Å². The number of carbonyl (C=O) groups is 2. The summed E-state index contributed by atoms with van der Waals surface area (Å²) in [7, 11) is 0. The van der Waals surface area contributed by atoms with Crippen molar-refractivity contribution in [1.82, 2.24) is 9.80 Å². The molecule has 2 fully saturated rings. The smallest absolute Gasteiger partial charge is 0.320 e. The van der Waals surface area contributed by atoms with Crippen molar-refractivity contribution < 1.29 is 9.59 Å². The molecule has 3 amide bonds. The fourth-order valence-electron chi connectivity index (χ4n) is 3.67. The zero-order chi connectivity index (χ0) is 17.8. The van der Waals surface area contributed by atoms with Crippen LogP contribution in [0, 0.1) is 5.92 Å². The summed E-state index contributed by atoms with van der Waals surface area (Å²) >= 11 is 0. The Morgan fingerprint density at radius 2 is 1.64 bits per heavy atom. The average molecular weight is 343 g/mol. The summed E-state index contributed by atoms with van der Waals surface area (Å²) in [4.78, 5) is 28.9. The maximum absolute atomic E-state index is 12.6. The van der Waals surface area contributed by atoms with Crippen LogP contribution in [0.1, 0.15) is 51.0 Å². The number of piperidine rings is 1. The van der Waals surface area contributed by atoms with Crippen LogP contribution < -0.4 is 5.32 Å². The summed E-state index contributed by atoms with van der Waals surface area (Å²) in [5, 5.41) is 3.02. The molecule has 25 heavy (non-hydrogen) atoms. The van der Waals surface area contributed by atoms with Crippen LogP contribution in [-0.4, -0.2) is 47.9 Å². The van der Waals surface area contributed by atoms with Crippen molar-refractivity contribution in [2.24, 2.45) is 5.92 Å². The van der Waals surface area contributed by atoms with E-state index >= 15 is 0 Å². The summed E-state index contributed by atoms with van der Waals surface area (Å²) in [5.41, 5.74) is 2.09. The Labute approximate surface area is 150 Å². The first kappa shape index (κ1) is 17.8. The predicted molar refractivity (Wildman–Crippen MR) is 99.7 cm³/mol. The number of hydrogen-bond acceptors (Lipinski definition) is 2. The minimum atomic E-state index is -0.120. The van der Waals surface area contributed by atoms with Crippen molar-refractivity contribution in [3.63, 3.8) is 0 Å². The third-order valence-electron chi connectivity index (χ3n) is 5.28. The number of amides is 3. The molecule has 1 atom stereocenters. The highest BCUT2D eigenvalue weighted by atomic mass is 16.2. The maximum Gasteiger partial charge on any atom is 0.320 e. The number of nitrogens with zero attached hydrogens (tertiary/aromatic N) is 2. The van der Waals surface area contributed by atoms with Gasteiger partial charge < -0.3 is 15.1 Å². The van der Waals surface area contributed by atoms with Gasteiger partial charge in [-0.05, 0) is 49.3 Å². The number of nitrogens with one attached hydrogen (secondary N) is 1. The standard InChI is InChI=1S/C20H29N3O2/c1-15(2)16-7-9-18(10-8-16)21-19(24)17-6-5-13-23(14-17)20(25)22-11-3-4-12-22/h7-10,15,17H,3-6,11-14H2,1-2H3,(H,21,24)/t17-/m0/s1. The molecule has 0 unspecified atom stereocenters. The van der Waals surface area contributed by atoms with E-state index in [-0.39, 0.29) is 17.9 Å². The van der Waals surface area contributed by atoms with Gasteiger partial charge in [-0.1, -0.05) is 26.0 Å². The van der Waals surface area contributed by atoms with Crippen LogP contribution >= 0.6 is 0 Å². The van der Waals surface area contributed by atoms with Gasteiger partial charge in [-0.15, -0.1) is 0 Å². The number of likely N-dealkylation sites (tertiary alicyclic amines) is 2. The molecule has 2 aliphatic heterocycles. The van der Waals surface area contributed by atoms with Crippen molar-refractivity contribution in [2.75, 3.05) is 31.5 Å². The van der Waals surface area contributed by atoms with Crippen molar-refractivity contribution in [3.05, 3.63) is 29.8 Å². The first-order valence-corrected chi connectivity index (χ1v) is 9.49. The summed E-state index contributed by atoms with van der Waals surface area (Å²) in [6.45, 7) is 7.32. The molecule has 0 spiro atoms. The Kier molecular flexibility index (Phi) is 5.61. The second kappa shape index (κ2) is 7.89. The molecule has 1 aromatic rings. The van der Waals surface area contributed by atoms with Gasteiger partial charge in [0.05, 0.1) is 5.92 Å². The van der Waals surface area contributed by atoms with Crippen molar-refractivity contribution >= 4 is 17.6 Å². The molecule has 3 rings (SSSR count). The van der Waals surface area contributed by atoms with Gasteiger partial charge in [0.2, 0.25) is 5.91 Å². The summed E-state index contributed by atoms with van der Waals surface area (Å²) < 4.78 is 0. The third-order valence-corrected chi connectivity index (χ3v) is 5.28. The van der Waals surface area contributed by atoms with E-state index in [1.165, 1.54) is 5.56 Å². The van der Waals surface area contributed by atoms with Gasteiger partial charge in [0.1, 0.15) is 0 Å². The van der Waals surface area contributed by atoms with Crippen molar-refractivity contribution in [3.8, 4) is 0 Å². The van der Waals surface area contributed by atoms with E-state index < -0.39 is 0 Å². The summed E-state index contributed by atoms with van der Waals surface area (Å²) in [5.74, 6) is 0.384. The molecule has 2 saturated heterocycles. The highest BCUT2D eigenvalue weighted by Gasteiger charge is 2.31. The molecule has 0 saturated carbocycles. The predicted octanol–water partition coefficient (Wildman–Crippen LogP) is 3.68. The van der Waals surface area contributed by atoms with Crippen LogP contribution in [0.5, 0.6) is 0 Å². The van der Waals surface area contributed by atoms with E-state index in [1.54, 1.807) is 0 Å². The zero-order valence-corrected chi connectivity index (χ0v) is 15.3. The number of rotatable bonds is 3. The van der Waals surface area contributed by atoms with E-state index in [0.717, 1.165) is 51.0 Å². The average Bonchev–Trinajstić information content (AvgIpc) is 3.16. The van der Waals surface area contributed by atoms with Crippen LogP contribution in [0.3, 0.4) is 0 Å². The number of carbonyl (C=O) groups excluding carboxylic acids is 2. The molecule has 2 heterocycles. The van der Waals surface area contributed by atoms with E-state index in [4.69, 9.17) is 0 Å². The first-order chi connectivity index (χ1) is 12.0. The van der Waals surface area contributed by atoms with Gasteiger partial charge in [0.25, 0.3) is 0 Å². The fourth-order valence-corrected chi connectivity index (χ4v) is 3.67. The Morgan fingerprint density at radius 3 is 2.28 bits per heavy atom. The van der Waals surface area contributed by atoms with Crippen LogP contribution in [-0.2, 0) is 4.79 Å². The Hall–Kier alpha value is -2.04. The summed E-state index contributed by atoms with van der Waals surface area (Å²) in [6, 6.07) is 8.15. The topological polar surface area (TPSA) is 52.7 Å². The maximum atomic E-state index is 12.6. The number of anilines is 1. The van der Waals surface area contributed by atoms with Gasteiger partial charge in [-0.2, -0.15) is 0 Å². The molecular weight excluding hydrogens is 314 g/mol. The Balaban J connectivity index is 1.57. The number of hydrogen-bond donors (Lipinski definition) is 1. The SMILES string of the molecule is CC(C)c1ccc(NC(=O)[C@H]2CCCN(C(=O)N3CCCC3)C2)cc1. The van der Waals surface area contributed by atoms with E-state index in [1.807, 2.05) is 21.9 Å². The molecule has 0 aliphatic carbocycles. The molecule has 5 nitrogen and oxygen atoms in total. The van der Waals surface area contributed by atoms with Crippen molar-refractivity contribution in [1.29, 1.82) is 0 Å². The molecule has 5 heteroatoms. The van der Waals surface area contributed by atoms with Crippen LogP contribution in [0.25, 0.3) is 0 Å². The number of urea groups is 1.